The number of benzene rings is 1. The number of nitrogens with zero attached hydrogens (tertiary/aromatic N) is 2. The third-order valence-corrected chi connectivity index (χ3v) is 3.14. The Morgan fingerprint density at radius 1 is 1.47 bits per heavy atom. The number of rotatable bonds is 4. The Hall–Kier alpha value is -1.92. The van der Waals surface area contributed by atoms with E-state index >= 15 is 0 Å². The lowest BCUT2D eigenvalue weighted by Crippen LogP contribution is -2.06. The van der Waals surface area contributed by atoms with Crippen LogP contribution in [0.4, 0.5) is 5.82 Å². The van der Waals surface area contributed by atoms with E-state index in [1.807, 2.05) is 28.8 Å². The van der Waals surface area contributed by atoms with Gasteiger partial charge in [0, 0.05) is 17.0 Å². The maximum absolute atomic E-state index is 6.16. The molecule has 0 saturated carbocycles. The molecule has 0 aliphatic rings. The normalized spacial score (nSPS) is 10.4. The van der Waals surface area contributed by atoms with E-state index in [9.17, 15) is 0 Å². The molecule has 0 amide bonds. The van der Waals surface area contributed by atoms with E-state index in [0.29, 0.717) is 17.4 Å². The molecule has 2 N–H and O–H groups in total. The highest BCUT2D eigenvalue weighted by molar-refractivity contribution is 6.30. The average molecular weight is 274 g/mol. The van der Waals surface area contributed by atoms with Crippen LogP contribution in [0.2, 0.25) is 5.02 Å². The third kappa shape index (κ3) is 2.74. The Morgan fingerprint density at radius 2 is 2.26 bits per heavy atom. The van der Waals surface area contributed by atoms with Crippen LogP contribution in [0.5, 0.6) is 0 Å². The lowest BCUT2D eigenvalue weighted by atomic mass is 10.1. The van der Waals surface area contributed by atoms with Crippen molar-refractivity contribution in [3.05, 3.63) is 35.1 Å². The molecular formula is C15H16ClN3. The molecular weight excluding hydrogens is 258 g/mol. The molecule has 1 heterocycles. The van der Waals surface area contributed by atoms with Crippen LogP contribution in [0.25, 0.3) is 11.3 Å². The van der Waals surface area contributed by atoms with Gasteiger partial charge in [0.15, 0.2) is 0 Å². The molecule has 98 valence electrons. The van der Waals surface area contributed by atoms with Gasteiger partial charge < -0.3 is 10.3 Å². The molecule has 1 aromatic heterocycles. The molecule has 0 unspecified atom stereocenters. The quantitative estimate of drug-likeness (QED) is 0.868. The van der Waals surface area contributed by atoms with E-state index in [4.69, 9.17) is 23.8 Å². The Morgan fingerprint density at radius 3 is 2.89 bits per heavy atom. The van der Waals surface area contributed by atoms with Crippen molar-refractivity contribution < 1.29 is 0 Å². The molecule has 0 radical (unpaired) electrons. The van der Waals surface area contributed by atoms with E-state index in [-0.39, 0.29) is 0 Å². The molecule has 2 rings (SSSR count). The Labute approximate surface area is 118 Å². The van der Waals surface area contributed by atoms with Gasteiger partial charge in [0.1, 0.15) is 17.3 Å². The average Bonchev–Trinajstić information content (AvgIpc) is 2.69. The van der Waals surface area contributed by atoms with Gasteiger partial charge in [0.05, 0.1) is 6.54 Å². The van der Waals surface area contributed by atoms with Crippen molar-refractivity contribution in [3.8, 4) is 23.6 Å². The standard InChI is InChI=1S/C15H16ClN3/c1-3-6-13-18-14(15(17)19(13)9-4-2)11-7-5-8-12(16)10-11/h2,5,7-8,10H,3,6,9,17H2,1H3. The molecule has 1 aromatic carbocycles. The summed E-state index contributed by atoms with van der Waals surface area (Å²) in [5.41, 5.74) is 7.83. The van der Waals surface area contributed by atoms with Gasteiger partial charge >= 0.3 is 0 Å². The van der Waals surface area contributed by atoms with Crippen molar-refractivity contribution in [2.24, 2.45) is 0 Å². The predicted octanol–water partition coefficient (Wildman–Crippen LogP) is 3.37. The first-order valence-electron chi connectivity index (χ1n) is 6.21. The number of nitrogens with two attached hydrogens (primary N) is 1. The largest absolute Gasteiger partial charge is 0.383 e. The minimum absolute atomic E-state index is 0.439. The molecule has 0 saturated heterocycles. The van der Waals surface area contributed by atoms with E-state index in [2.05, 4.69) is 17.8 Å². The minimum Gasteiger partial charge on any atom is -0.383 e. The number of nitrogen functional groups attached to an aromatic ring is 1. The molecule has 4 heteroatoms. The summed E-state index contributed by atoms with van der Waals surface area (Å²) in [5, 5.41) is 0.667. The number of hydrogen-bond donors (Lipinski definition) is 1. The zero-order valence-electron chi connectivity index (χ0n) is 10.9. The van der Waals surface area contributed by atoms with Crippen molar-refractivity contribution in [1.29, 1.82) is 0 Å². The Bertz CT molecular complexity index is 623. The molecule has 3 nitrogen and oxygen atoms in total. The topological polar surface area (TPSA) is 43.8 Å². The smallest absolute Gasteiger partial charge is 0.132 e. The van der Waals surface area contributed by atoms with Gasteiger partial charge in [-0.25, -0.2) is 4.98 Å². The van der Waals surface area contributed by atoms with Gasteiger partial charge in [0.25, 0.3) is 0 Å². The predicted molar refractivity (Wildman–Crippen MR) is 79.9 cm³/mol. The van der Waals surface area contributed by atoms with E-state index in [1.54, 1.807) is 0 Å². The van der Waals surface area contributed by atoms with Gasteiger partial charge in [-0.15, -0.1) is 6.42 Å². The number of terminal acetylenes is 1. The van der Waals surface area contributed by atoms with Crippen LogP contribution in [0.15, 0.2) is 24.3 Å². The van der Waals surface area contributed by atoms with Crippen LogP contribution in [-0.4, -0.2) is 9.55 Å². The van der Waals surface area contributed by atoms with Crippen molar-refractivity contribution in [3.63, 3.8) is 0 Å². The first-order valence-corrected chi connectivity index (χ1v) is 6.59. The summed E-state index contributed by atoms with van der Waals surface area (Å²) in [7, 11) is 0. The van der Waals surface area contributed by atoms with Crippen LogP contribution < -0.4 is 5.73 Å². The summed E-state index contributed by atoms with van der Waals surface area (Å²) in [6, 6.07) is 7.51. The SMILES string of the molecule is C#CCn1c(CCC)nc(-c2cccc(Cl)c2)c1N. The summed E-state index contributed by atoms with van der Waals surface area (Å²) in [4.78, 5) is 4.61. The molecule has 19 heavy (non-hydrogen) atoms. The van der Waals surface area contributed by atoms with Gasteiger partial charge in [-0.05, 0) is 18.6 Å². The second-order valence-electron chi connectivity index (χ2n) is 4.31. The second kappa shape index (κ2) is 5.81. The van der Waals surface area contributed by atoms with Crippen LogP contribution in [0, 0.1) is 12.3 Å². The van der Waals surface area contributed by atoms with Crippen molar-refractivity contribution in [1.82, 2.24) is 9.55 Å². The zero-order valence-corrected chi connectivity index (χ0v) is 11.6. The fourth-order valence-electron chi connectivity index (χ4n) is 2.04. The van der Waals surface area contributed by atoms with E-state index in [1.165, 1.54) is 0 Å². The number of hydrogen-bond acceptors (Lipinski definition) is 2. The van der Waals surface area contributed by atoms with Crippen LogP contribution >= 0.6 is 11.6 Å². The number of aryl methyl sites for hydroxylation is 1. The molecule has 0 spiro atoms. The monoisotopic (exact) mass is 273 g/mol. The second-order valence-corrected chi connectivity index (χ2v) is 4.75. The maximum Gasteiger partial charge on any atom is 0.132 e. The highest BCUT2D eigenvalue weighted by Gasteiger charge is 2.15. The zero-order chi connectivity index (χ0) is 13.8. The molecule has 0 aliphatic heterocycles. The summed E-state index contributed by atoms with van der Waals surface area (Å²) in [6.07, 6.45) is 7.24. The van der Waals surface area contributed by atoms with Crippen LogP contribution in [-0.2, 0) is 13.0 Å². The summed E-state index contributed by atoms with van der Waals surface area (Å²) in [6.45, 7) is 2.54. The number of anilines is 1. The fourth-order valence-corrected chi connectivity index (χ4v) is 2.23. The highest BCUT2D eigenvalue weighted by Crippen LogP contribution is 2.28. The Balaban J connectivity index is 2.52. The van der Waals surface area contributed by atoms with Crippen molar-refractivity contribution in [2.75, 3.05) is 5.73 Å². The number of imidazole rings is 1. The molecule has 0 aliphatic carbocycles. The van der Waals surface area contributed by atoms with Crippen molar-refractivity contribution in [2.45, 2.75) is 26.3 Å². The molecule has 0 bridgehead atoms. The number of halogens is 1. The van der Waals surface area contributed by atoms with Gasteiger partial charge in [-0.1, -0.05) is 36.6 Å². The first kappa shape index (κ1) is 13.5. The molecule has 0 atom stereocenters. The minimum atomic E-state index is 0.439. The van der Waals surface area contributed by atoms with Gasteiger partial charge in [-0.3, -0.25) is 0 Å². The third-order valence-electron chi connectivity index (χ3n) is 2.91. The maximum atomic E-state index is 6.16. The van der Waals surface area contributed by atoms with Crippen LogP contribution in [0.3, 0.4) is 0 Å². The fraction of sp³-hybridized carbons (Fsp3) is 0.267. The lowest BCUT2D eigenvalue weighted by Gasteiger charge is -2.05. The van der Waals surface area contributed by atoms with Gasteiger partial charge in [-0.2, -0.15) is 0 Å². The first-order chi connectivity index (χ1) is 9.17. The lowest BCUT2D eigenvalue weighted by molar-refractivity contribution is 0.733. The Kier molecular flexibility index (Phi) is 4.13. The number of aromatic nitrogens is 2. The highest BCUT2D eigenvalue weighted by atomic mass is 35.5. The summed E-state index contributed by atoms with van der Waals surface area (Å²) < 4.78 is 1.89. The molecule has 0 fully saturated rings. The molecule has 2 aromatic rings. The summed E-state index contributed by atoms with van der Waals surface area (Å²) in [5.74, 6) is 4.14. The van der Waals surface area contributed by atoms with Crippen LogP contribution in [0.1, 0.15) is 19.2 Å². The van der Waals surface area contributed by atoms with E-state index in [0.717, 1.165) is 29.9 Å². The van der Waals surface area contributed by atoms with Crippen molar-refractivity contribution >= 4 is 17.4 Å². The van der Waals surface area contributed by atoms with E-state index < -0.39 is 0 Å². The summed E-state index contributed by atoms with van der Waals surface area (Å²) >= 11 is 6.01. The van der Waals surface area contributed by atoms with Gasteiger partial charge in [0.2, 0.25) is 0 Å².